The summed E-state index contributed by atoms with van der Waals surface area (Å²) in [4.78, 5) is 14.7. The number of rotatable bonds is 7. The Morgan fingerprint density at radius 3 is 2.56 bits per heavy atom. The maximum Gasteiger partial charge on any atom is 0.264 e. The molecule has 7 heteroatoms. The highest BCUT2D eigenvalue weighted by atomic mass is 79.9. The van der Waals surface area contributed by atoms with Crippen molar-refractivity contribution in [2.45, 2.75) is 39.2 Å². The summed E-state index contributed by atoms with van der Waals surface area (Å²) in [6, 6.07) is 13.2. The summed E-state index contributed by atoms with van der Waals surface area (Å²) < 4.78 is 12.5. The smallest absolute Gasteiger partial charge is 0.264 e. The number of carbonyl (C=O) groups excluding carboxylic acids is 1. The van der Waals surface area contributed by atoms with Gasteiger partial charge in [-0.15, -0.1) is 0 Å². The van der Waals surface area contributed by atoms with E-state index in [0.29, 0.717) is 46.3 Å². The standard InChI is InChI=1S/C25H26BrClN2O3/c1-2-31-23-15-18(13-20(16-28)25(30)29-11-7-3-4-8-12-29)14-21(26)24(23)32-17-19-9-5-6-10-22(19)27/h5-6,9-10,13-15H,2-4,7-8,11-12,17H2,1H3/b20-13-. The van der Waals surface area contributed by atoms with Crippen LogP contribution in [0.3, 0.4) is 0 Å². The van der Waals surface area contributed by atoms with Gasteiger partial charge >= 0.3 is 0 Å². The largest absolute Gasteiger partial charge is 0.490 e. The van der Waals surface area contributed by atoms with E-state index in [0.717, 1.165) is 31.2 Å². The third-order valence-corrected chi connectivity index (χ3v) is 6.17. The number of ether oxygens (including phenoxy) is 2. The highest BCUT2D eigenvalue weighted by molar-refractivity contribution is 9.10. The van der Waals surface area contributed by atoms with Gasteiger partial charge < -0.3 is 14.4 Å². The molecule has 1 aliphatic rings. The van der Waals surface area contributed by atoms with Crippen molar-refractivity contribution in [1.29, 1.82) is 5.26 Å². The van der Waals surface area contributed by atoms with Crippen LogP contribution in [-0.2, 0) is 11.4 Å². The zero-order chi connectivity index (χ0) is 22.9. The minimum Gasteiger partial charge on any atom is -0.490 e. The molecule has 1 saturated heterocycles. The molecule has 0 unspecified atom stereocenters. The molecule has 0 bridgehead atoms. The second kappa shape index (κ2) is 11.9. The van der Waals surface area contributed by atoms with Gasteiger partial charge in [0.25, 0.3) is 5.91 Å². The molecule has 1 aliphatic heterocycles. The highest BCUT2D eigenvalue weighted by Gasteiger charge is 2.20. The van der Waals surface area contributed by atoms with Crippen molar-refractivity contribution in [2.75, 3.05) is 19.7 Å². The number of halogens is 2. The monoisotopic (exact) mass is 516 g/mol. The van der Waals surface area contributed by atoms with Gasteiger partial charge in [0.05, 0.1) is 11.1 Å². The molecule has 0 spiro atoms. The lowest BCUT2D eigenvalue weighted by Gasteiger charge is -2.19. The SMILES string of the molecule is CCOc1cc(/C=C(/C#N)C(=O)N2CCCCCC2)cc(Br)c1OCc1ccccc1Cl. The normalized spacial score (nSPS) is 14.4. The molecule has 0 radical (unpaired) electrons. The number of likely N-dealkylation sites (tertiary alicyclic amines) is 1. The number of benzene rings is 2. The van der Waals surface area contributed by atoms with Crippen molar-refractivity contribution >= 4 is 39.5 Å². The van der Waals surface area contributed by atoms with Crippen molar-refractivity contribution in [3.8, 4) is 17.6 Å². The first-order chi connectivity index (χ1) is 15.5. The molecule has 0 atom stereocenters. The lowest BCUT2D eigenvalue weighted by molar-refractivity contribution is -0.126. The second-order valence-corrected chi connectivity index (χ2v) is 8.78. The summed E-state index contributed by atoms with van der Waals surface area (Å²) >= 11 is 9.79. The van der Waals surface area contributed by atoms with Crippen LogP contribution in [0.15, 0.2) is 46.4 Å². The third kappa shape index (κ3) is 6.27. The summed E-state index contributed by atoms with van der Waals surface area (Å²) in [6.45, 7) is 4.00. The number of hydrogen-bond donors (Lipinski definition) is 0. The van der Waals surface area contributed by atoms with E-state index >= 15 is 0 Å². The number of hydrogen-bond acceptors (Lipinski definition) is 4. The van der Waals surface area contributed by atoms with Gasteiger partial charge in [0.15, 0.2) is 11.5 Å². The first-order valence-corrected chi connectivity index (χ1v) is 11.9. The number of nitriles is 1. The predicted molar refractivity (Wildman–Crippen MR) is 130 cm³/mol. The van der Waals surface area contributed by atoms with Crippen molar-refractivity contribution in [1.82, 2.24) is 4.90 Å². The lowest BCUT2D eigenvalue weighted by Crippen LogP contribution is -2.32. The topological polar surface area (TPSA) is 62.6 Å². The van der Waals surface area contributed by atoms with Gasteiger partial charge in [0, 0.05) is 23.7 Å². The average Bonchev–Trinajstić information content (AvgIpc) is 3.07. The maximum atomic E-state index is 12.9. The van der Waals surface area contributed by atoms with Gasteiger partial charge in [-0.25, -0.2) is 0 Å². The Morgan fingerprint density at radius 2 is 1.91 bits per heavy atom. The molecule has 1 fully saturated rings. The Labute approximate surface area is 202 Å². The summed E-state index contributed by atoms with van der Waals surface area (Å²) in [7, 11) is 0. The van der Waals surface area contributed by atoms with E-state index < -0.39 is 0 Å². The first-order valence-electron chi connectivity index (χ1n) is 10.8. The molecular formula is C25H26BrClN2O3. The van der Waals surface area contributed by atoms with Crippen LogP contribution in [0.1, 0.15) is 43.7 Å². The minimum absolute atomic E-state index is 0.117. The van der Waals surface area contributed by atoms with Gasteiger partial charge in [0.1, 0.15) is 18.2 Å². The molecule has 1 heterocycles. The zero-order valence-corrected chi connectivity index (χ0v) is 20.4. The van der Waals surface area contributed by atoms with Crippen molar-refractivity contribution < 1.29 is 14.3 Å². The Bertz CT molecular complexity index is 1020. The van der Waals surface area contributed by atoms with Crippen LogP contribution in [0, 0.1) is 11.3 Å². The van der Waals surface area contributed by atoms with Crippen molar-refractivity contribution in [3.63, 3.8) is 0 Å². The number of nitrogens with zero attached hydrogens (tertiary/aromatic N) is 2. The molecule has 1 amide bonds. The highest BCUT2D eigenvalue weighted by Crippen LogP contribution is 2.38. The van der Waals surface area contributed by atoms with Gasteiger partial charge in [-0.05, 0) is 65.5 Å². The fourth-order valence-electron chi connectivity index (χ4n) is 3.59. The van der Waals surface area contributed by atoms with Crippen LogP contribution in [0.2, 0.25) is 5.02 Å². The third-order valence-electron chi connectivity index (χ3n) is 5.22. The molecule has 2 aromatic carbocycles. The molecule has 168 valence electrons. The predicted octanol–water partition coefficient (Wildman–Crippen LogP) is 6.39. The van der Waals surface area contributed by atoms with Gasteiger partial charge in [-0.2, -0.15) is 5.26 Å². The van der Waals surface area contributed by atoms with Crippen LogP contribution in [0.5, 0.6) is 11.5 Å². The molecule has 0 saturated carbocycles. The maximum absolute atomic E-state index is 12.9. The molecule has 3 rings (SSSR count). The molecule has 5 nitrogen and oxygen atoms in total. The van der Waals surface area contributed by atoms with Gasteiger partial charge in [-0.1, -0.05) is 42.6 Å². The van der Waals surface area contributed by atoms with Crippen LogP contribution in [0.25, 0.3) is 6.08 Å². The zero-order valence-electron chi connectivity index (χ0n) is 18.1. The molecule has 32 heavy (non-hydrogen) atoms. The van der Waals surface area contributed by atoms with Crippen LogP contribution in [0.4, 0.5) is 0 Å². The molecule has 0 N–H and O–H groups in total. The summed E-state index contributed by atoms with van der Waals surface area (Å²) in [5.41, 5.74) is 1.67. The van der Waals surface area contributed by atoms with E-state index in [-0.39, 0.29) is 18.1 Å². The van der Waals surface area contributed by atoms with Crippen LogP contribution < -0.4 is 9.47 Å². The number of carbonyl (C=O) groups is 1. The fourth-order valence-corrected chi connectivity index (χ4v) is 4.36. The van der Waals surface area contributed by atoms with E-state index in [1.807, 2.05) is 37.3 Å². The Morgan fingerprint density at radius 1 is 1.19 bits per heavy atom. The minimum atomic E-state index is -0.220. The van der Waals surface area contributed by atoms with E-state index in [9.17, 15) is 10.1 Å². The van der Waals surface area contributed by atoms with Crippen molar-refractivity contribution in [2.24, 2.45) is 0 Å². The first kappa shape index (κ1) is 24.2. The summed E-state index contributed by atoms with van der Waals surface area (Å²) in [5.74, 6) is 0.850. The summed E-state index contributed by atoms with van der Waals surface area (Å²) in [5, 5.41) is 10.3. The Kier molecular flexibility index (Phi) is 9.01. The quantitative estimate of drug-likeness (QED) is 0.315. The van der Waals surface area contributed by atoms with Crippen LogP contribution in [-0.4, -0.2) is 30.5 Å². The van der Waals surface area contributed by atoms with Gasteiger partial charge in [-0.3, -0.25) is 4.79 Å². The van der Waals surface area contributed by atoms with E-state index in [1.54, 1.807) is 17.0 Å². The Hall–Kier alpha value is -2.49. The average molecular weight is 518 g/mol. The second-order valence-electron chi connectivity index (χ2n) is 7.52. The summed E-state index contributed by atoms with van der Waals surface area (Å²) in [6.07, 6.45) is 5.80. The molecule has 2 aromatic rings. The van der Waals surface area contributed by atoms with E-state index in [1.165, 1.54) is 0 Å². The molecule has 0 aliphatic carbocycles. The molecule has 0 aromatic heterocycles. The Balaban J connectivity index is 1.85. The lowest BCUT2D eigenvalue weighted by atomic mass is 10.1. The van der Waals surface area contributed by atoms with E-state index in [2.05, 4.69) is 22.0 Å². The number of amides is 1. The molecular weight excluding hydrogens is 492 g/mol. The fraction of sp³-hybridized carbons (Fsp3) is 0.360. The van der Waals surface area contributed by atoms with Crippen molar-refractivity contribution in [3.05, 3.63) is 62.6 Å². The van der Waals surface area contributed by atoms with Crippen LogP contribution >= 0.6 is 27.5 Å². The van der Waals surface area contributed by atoms with Gasteiger partial charge in [0.2, 0.25) is 0 Å². The van der Waals surface area contributed by atoms with E-state index in [4.69, 9.17) is 21.1 Å².